The van der Waals surface area contributed by atoms with Crippen LogP contribution in [0, 0.1) is 6.92 Å². The third kappa shape index (κ3) is 8.11. The van der Waals surface area contributed by atoms with Crippen LogP contribution in [0.25, 0.3) is 5.52 Å². The van der Waals surface area contributed by atoms with Gasteiger partial charge in [0.1, 0.15) is 17.5 Å². The highest BCUT2D eigenvalue weighted by Gasteiger charge is 2.16. The molecule has 0 aliphatic carbocycles. The Morgan fingerprint density at radius 1 is 1.08 bits per heavy atom. The van der Waals surface area contributed by atoms with Crippen molar-refractivity contribution in [1.29, 1.82) is 0 Å². The number of rotatable bonds is 5. The van der Waals surface area contributed by atoms with Gasteiger partial charge in [0.2, 0.25) is 0 Å². The lowest BCUT2D eigenvalue weighted by atomic mass is 10.2. The molecule has 1 aliphatic rings. The summed E-state index contributed by atoms with van der Waals surface area (Å²) in [5, 5.41) is 6.98. The second kappa shape index (κ2) is 14.5. The number of H-pyrrole nitrogens is 1. The van der Waals surface area contributed by atoms with Crippen molar-refractivity contribution in [2.75, 3.05) is 30.9 Å². The molecule has 37 heavy (non-hydrogen) atoms. The smallest absolute Gasteiger partial charge is 0.271 e. The lowest BCUT2D eigenvalue weighted by molar-refractivity contribution is 0.1000. The molecule has 3 aromatic heterocycles. The Hall–Kier alpha value is -3.28. The summed E-state index contributed by atoms with van der Waals surface area (Å²) in [6.45, 7) is 4.36. The van der Waals surface area contributed by atoms with E-state index in [1.165, 1.54) is 60.5 Å². The van der Waals surface area contributed by atoms with Gasteiger partial charge in [0, 0.05) is 30.4 Å². The van der Waals surface area contributed by atoms with Crippen molar-refractivity contribution in [2.24, 2.45) is 5.73 Å². The minimum absolute atomic E-state index is 0.270. The predicted octanol–water partition coefficient (Wildman–Crippen LogP) is 4.73. The van der Waals surface area contributed by atoms with Crippen LogP contribution in [0.5, 0.6) is 0 Å². The molecule has 4 N–H and O–H groups in total. The highest BCUT2D eigenvalue weighted by molar-refractivity contribution is 7.98. The number of fused-ring (bicyclic) bond motifs is 1. The van der Waals surface area contributed by atoms with Gasteiger partial charge in [-0.2, -0.15) is 5.10 Å². The number of benzene rings is 1. The molecule has 0 bridgehead atoms. The van der Waals surface area contributed by atoms with Crippen LogP contribution in [-0.4, -0.2) is 55.4 Å². The van der Waals surface area contributed by atoms with E-state index >= 15 is 0 Å². The molecule has 1 fully saturated rings. The number of hydrogen-bond acceptors (Lipinski definition) is 8. The van der Waals surface area contributed by atoms with Crippen molar-refractivity contribution in [3.8, 4) is 0 Å². The number of piperidine rings is 1. The lowest BCUT2D eigenvalue weighted by Crippen LogP contribution is -2.22. The summed E-state index contributed by atoms with van der Waals surface area (Å²) >= 11 is 3.65. The molecule has 1 amide bonds. The summed E-state index contributed by atoms with van der Waals surface area (Å²) < 4.78 is 3.94. The molecule has 5 rings (SSSR count). The Bertz CT molecular complexity index is 1340. The zero-order valence-electron chi connectivity index (χ0n) is 21.3. The van der Waals surface area contributed by atoms with Crippen molar-refractivity contribution in [1.82, 2.24) is 23.9 Å². The number of nitrogens with zero attached hydrogens (tertiary/aromatic N) is 4. The second-order valence-electron chi connectivity index (χ2n) is 8.16. The Balaban J connectivity index is 0.000000194. The standard InChI is InChI=1S/C13H12N6O2.C7H8S.C6H13NS/c1-7-8(11(14)20)5-19-10(7)12(16-6-17-19)18-9-3-2-4-15-13(9)21;2*1-8-7-5-3-2-4-6-7/h2-6H,1H3,(H2,14,20)(H,15,21)(H,16,17,18);2-6H,1H3;2-6H2,1H3. The Morgan fingerprint density at radius 2 is 1.81 bits per heavy atom. The second-order valence-corrected chi connectivity index (χ2v) is 9.92. The summed E-state index contributed by atoms with van der Waals surface area (Å²) in [6, 6.07) is 13.7. The average Bonchev–Trinajstić information content (AvgIpc) is 3.29. The van der Waals surface area contributed by atoms with Crippen LogP contribution in [-0.2, 0) is 0 Å². The molecule has 0 radical (unpaired) electrons. The highest BCUT2D eigenvalue weighted by Crippen LogP contribution is 2.24. The van der Waals surface area contributed by atoms with E-state index in [2.05, 4.69) is 49.3 Å². The Morgan fingerprint density at radius 3 is 2.38 bits per heavy atom. The van der Waals surface area contributed by atoms with Gasteiger partial charge in [-0.05, 0) is 62.1 Å². The first kappa shape index (κ1) is 28.3. The third-order valence-corrected chi connectivity index (χ3v) is 7.34. The summed E-state index contributed by atoms with van der Waals surface area (Å²) in [5.74, 6) is -0.117. The van der Waals surface area contributed by atoms with E-state index in [4.69, 9.17) is 5.73 Å². The number of carbonyl (C=O) groups is 1. The van der Waals surface area contributed by atoms with E-state index in [1.807, 2.05) is 30.1 Å². The highest BCUT2D eigenvalue weighted by atomic mass is 32.2. The zero-order valence-corrected chi connectivity index (χ0v) is 22.9. The van der Waals surface area contributed by atoms with Gasteiger partial charge in [0.15, 0.2) is 5.82 Å². The number of aromatic nitrogens is 4. The van der Waals surface area contributed by atoms with Gasteiger partial charge in [-0.1, -0.05) is 36.6 Å². The SMILES string of the molecule is CSN1CCCCC1.CSc1ccccc1.Cc1c(C(N)=O)cn2ncnc(Nc3ccc[nH]c3=O)c12. The van der Waals surface area contributed by atoms with E-state index in [0.717, 1.165) is 0 Å². The summed E-state index contributed by atoms with van der Waals surface area (Å²) in [6.07, 6.45) is 12.9. The lowest BCUT2D eigenvalue weighted by Gasteiger charge is -2.22. The van der Waals surface area contributed by atoms with Crippen molar-refractivity contribution >= 4 is 46.6 Å². The molecule has 4 heterocycles. The molecular formula is C26H33N7O2S2. The minimum atomic E-state index is -0.540. The molecule has 4 aromatic rings. The number of aryl methyl sites for hydroxylation is 1. The van der Waals surface area contributed by atoms with E-state index < -0.39 is 5.91 Å². The first-order chi connectivity index (χ1) is 17.9. The van der Waals surface area contributed by atoms with Crippen molar-refractivity contribution < 1.29 is 4.79 Å². The number of thioether (sulfide) groups is 1. The fourth-order valence-corrected chi connectivity index (χ4v) is 4.80. The molecule has 1 saturated heterocycles. The van der Waals surface area contributed by atoms with Crippen LogP contribution in [0.15, 0.2) is 70.9 Å². The van der Waals surface area contributed by atoms with Gasteiger partial charge in [-0.3, -0.25) is 13.9 Å². The van der Waals surface area contributed by atoms with E-state index in [1.54, 1.807) is 30.8 Å². The fourth-order valence-electron chi connectivity index (χ4n) is 3.75. The summed E-state index contributed by atoms with van der Waals surface area (Å²) in [7, 11) is 0. The van der Waals surface area contributed by atoms with Crippen molar-refractivity contribution in [3.63, 3.8) is 0 Å². The Labute approximate surface area is 225 Å². The molecule has 1 aliphatic heterocycles. The third-order valence-electron chi connectivity index (χ3n) is 5.72. The fraction of sp³-hybridized carbons (Fsp3) is 0.308. The number of nitrogens with two attached hydrogens (primary N) is 1. The zero-order chi connectivity index (χ0) is 26.6. The largest absolute Gasteiger partial charge is 0.366 e. The first-order valence-corrected chi connectivity index (χ1v) is 14.3. The van der Waals surface area contributed by atoms with Gasteiger partial charge in [-0.15, -0.1) is 11.8 Å². The van der Waals surface area contributed by atoms with Crippen LogP contribution >= 0.6 is 23.7 Å². The maximum atomic E-state index is 11.7. The van der Waals surface area contributed by atoms with Crippen LogP contribution in [0.4, 0.5) is 11.5 Å². The number of pyridine rings is 1. The van der Waals surface area contributed by atoms with Gasteiger partial charge >= 0.3 is 0 Å². The number of anilines is 2. The number of amides is 1. The molecule has 0 atom stereocenters. The Kier molecular flexibility index (Phi) is 11.1. The van der Waals surface area contributed by atoms with Gasteiger partial charge in [-0.25, -0.2) is 9.50 Å². The minimum Gasteiger partial charge on any atom is -0.366 e. The number of nitrogens with one attached hydrogen (secondary N) is 2. The van der Waals surface area contributed by atoms with E-state index in [9.17, 15) is 9.59 Å². The first-order valence-electron chi connectivity index (χ1n) is 11.9. The molecule has 196 valence electrons. The van der Waals surface area contributed by atoms with Crippen LogP contribution in [0.3, 0.4) is 0 Å². The van der Waals surface area contributed by atoms with E-state index in [0.29, 0.717) is 28.1 Å². The molecule has 0 saturated carbocycles. The average molecular weight is 540 g/mol. The maximum absolute atomic E-state index is 11.7. The molecule has 9 nitrogen and oxygen atoms in total. The molecule has 1 aromatic carbocycles. The quantitative estimate of drug-likeness (QED) is 0.246. The van der Waals surface area contributed by atoms with Gasteiger partial charge < -0.3 is 16.0 Å². The maximum Gasteiger partial charge on any atom is 0.271 e. The predicted molar refractivity (Wildman–Crippen MR) is 154 cm³/mol. The topological polar surface area (TPSA) is 121 Å². The summed E-state index contributed by atoms with van der Waals surface area (Å²) in [4.78, 5) is 31.1. The molecular weight excluding hydrogens is 506 g/mol. The van der Waals surface area contributed by atoms with E-state index in [-0.39, 0.29) is 5.56 Å². The number of primary amides is 1. The number of aromatic amines is 1. The monoisotopic (exact) mass is 539 g/mol. The molecule has 0 spiro atoms. The van der Waals surface area contributed by atoms with Crippen LogP contribution in [0.2, 0.25) is 0 Å². The van der Waals surface area contributed by atoms with Crippen molar-refractivity contribution in [3.05, 3.63) is 82.7 Å². The van der Waals surface area contributed by atoms with Crippen molar-refractivity contribution in [2.45, 2.75) is 31.1 Å². The van der Waals surface area contributed by atoms with Crippen LogP contribution < -0.4 is 16.6 Å². The number of carbonyl (C=O) groups excluding carboxylic acids is 1. The molecule has 11 heteroatoms. The summed E-state index contributed by atoms with van der Waals surface area (Å²) in [5.41, 5.74) is 7.01. The van der Waals surface area contributed by atoms with Gasteiger partial charge in [0.05, 0.1) is 5.56 Å². The van der Waals surface area contributed by atoms with Gasteiger partial charge in [0.25, 0.3) is 11.5 Å². The molecule has 0 unspecified atom stereocenters. The normalized spacial score (nSPS) is 13.2. The van der Waals surface area contributed by atoms with Crippen LogP contribution in [0.1, 0.15) is 35.2 Å². The number of hydrogen-bond donors (Lipinski definition) is 3.